The maximum absolute atomic E-state index is 13.3. The van der Waals surface area contributed by atoms with Crippen LogP contribution in [0.15, 0.2) is 23.8 Å². The summed E-state index contributed by atoms with van der Waals surface area (Å²) >= 11 is 0. The quantitative estimate of drug-likeness (QED) is 0.604. The molecule has 3 saturated carbocycles. The molecule has 0 bridgehead atoms. The van der Waals surface area contributed by atoms with E-state index >= 15 is 0 Å². The molecule has 4 aliphatic carbocycles. The first-order valence-electron chi connectivity index (χ1n) is 9.36. The first-order valence-corrected chi connectivity index (χ1v) is 9.36. The molecule has 26 heavy (non-hydrogen) atoms. The number of fused-ring (bicyclic) bond motifs is 5. The van der Waals surface area contributed by atoms with Gasteiger partial charge in [-0.25, -0.2) is 0 Å². The third kappa shape index (κ3) is 1.95. The molecule has 0 spiro atoms. The monoisotopic (exact) mass is 356 g/mol. The van der Waals surface area contributed by atoms with Gasteiger partial charge in [0.15, 0.2) is 12.1 Å². The Bertz CT molecular complexity index is 792. The normalized spacial score (nSPS) is 46.9. The summed E-state index contributed by atoms with van der Waals surface area (Å²) < 4.78 is 0. The van der Waals surface area contributed by atoms with Crippen LogP contribution >= 0.6 is 0 Å². The molecular weight excluding hydrogens is 332 g/mol. The minimum atomic E-state index is -1.74. The van der Waals surface area contributed by atoms with E-state index in [-0.39, 0.29) is 48.4 Å². The lowest BCUT2D eigenvalue weighted by Crippen LogP contribution is -2.60. The highest BCUT2D eigenvalue weighted by Crippen LogP contribution is 2.65. The first-order chi connectivity index (χ1) is 12.2. The van der Waals surface area contributed by atoms with Crippen LogP contribution in [0, 0.1) is 28.6 Å². The number of rotatable bonds is 2. The Labute approximate surface area is 152 Å². The third-order valence-electron chi connectivity index (χ3n) is 7.92. The first kappa shape index (κ1) is 17.5. The molecule has 138 valence electrons. The SMILES string of the molecule is C[C@]12C=CC(=O)C=C1CC[C@H]1[C@H]2C(=O)C[C@@]2(C)[C@@H]1CC[C@]2(O)C(=O)C=O. The van der Waals surface area contributed by atoms with Gasteiger partial charge in [-0.3, -0.25) is 19.2 Å². The Hall–Kier alpha value is -1.88. The average Bonchev–Trinajstić information content (AvgIpc) is 2.86. The van der Waals surface area contributed by atoms with Gasteiger partial charge in [0.25, 0.3) is 0 Å². The average molecular weight is 356 g/mol. The molecule has 0 aliphatic heterocycles. The van der Waals surface area contributed by atoms with Gasteiger partial charge in [-0.2, -0.15) is 0 Å². The minimum absolute atomic E-state index is 0.0171. The summed E-state index contributed by atoms with van der Waals surface area (Å²) in [5.74, 6) is -0.980. The van der Waals surface area contributed by atoms with Crippen molar-refractivity contribution in [3.8, 4) is 0 Å². The maximum Gasteiger partial charge on any atom is 0.227 e. The van der Waals surface area contributed by atoms with Crippen molar-refractivity contribution < 1.29 is 24.3 Å². The zero-order chi connectivity index (χ0) is 18.9. The molecule has 0 heterocycles. The Balaban J connectivity index is 1.77. The van der Waals surface area contributed by atoms with Gasteiger partial charge in [0.2, 0.25) is 5.78 Å². The van der Waals surface area contributed by atoms with E-state index in [1.807, 2.05) is 13.0 Å². The molecular formula is C21H24O5. The number of carbonyl (C=O) groups excluding carboxylic acids is 4. The van der Waals surface area contributed by atoms with E-state index in [4.69, 9.17) is 0 Å². The van der Waals surface area contributed by atoms with E-state index in [9.17, 15) is 24.3 Å². The number of hydrogen-bond acceptors (Lipinski definition) is 5. The van der Waals surface area contributed by atoms with Crippen molar-refractivity contribution in [2.75, 3.05) is 0 Å². The van der Waals surface area contributed by atoms with Gasteiger partial charge in [-0.05, 0) is 49.7 Å². The summed E-state index contributed by atoms with van der Waals surface area (Å²) in [7, 11) is 0. The van der Waals surface area contributed by atoms with Gasteiger partial charge in [-0.1, -0.05) is 25.5 Å². The van der Waals surface area contributed by atoms with Crippen LogP contribution in [0.2, 0.25) is 0 Å². The molecule has 6 atom stereocenters. The molecule has 0 radical (unpaired) electrons. The second-order valence-corrected chi connectivity index (χ2v) is 8.92. The predicted molar refractivity (Wildman–Crippen MR) is 93.0 cm³/mol. The molecule has 0 aromatic heterocycles. The second kappa shape index (κ2) is 5.32. The van der Waals surface area contributed by atoms with Crippen molar-refractivity contribution in [1.82, 2.24) is 0 Å². The summed E-state index contributed by atoms with van der Waals surface area (Å²) in [6.45, 7) is 3.82. The fraction of sp³-hybridized carbons (Fsp3) is 0.619. The third-order valence-corrected chi connectivity index (χ3v) is 7.92. The highest BCUT2D eigenvalue weighted by molar-refractivity contribution is 6.29. The lowest BCUT2D eigenvalue weighted by Gasteiger charge is -2.56. The molecule has 5 nitrogen and oxygen atoms in total. The zero-order valence-electron chi connectivity index (χ0n) is 15.2. The summed E-state index contributed by atoms with van der Waals surface area (Å²) in [6, 6.07) is 0. The van der Waals surface area contributed by atoms with E-state index in [1.54, 1.807) is 19.1 Å². The van der Waals surface area contributed by atoms with Gasteiger partial charge in [0, 0.05) is 23.2 Å². The van der Waals surface area contributed by atoms with Crippen LogP contribution in [-0.4, -0.2) is 34.3 Å². The predicted octanol–water partition coefficient (Wildman–Crippen LogP) is 1.97. The van der Waals surface area contributed by atoms with E-state index in [1.165, 1.54) is 0 Å². The van der Waals surface area contributed by atoms with Crippen molar-refractivity contribution >= 4 is 23.6 Å². The molecule has 0 aromatic carbocycles. The second-order valence-electron chi connectivity index (χ2n) is 8.92. The van der Waals surface area contributed by atoms with Crippen molar-refractivity contribution in [1.29, 1.82) is 0 Å². The summed E-state index contributed by atoms with van der Waals surface area (Å²) in [5, 5.41) is 11.1. The van der Waals surface area contributed by atoms with Gasteiger partial charge in [0.1, 0.15) is 11.4 Å². The molecule has 5 heteroatoms. The molecule has 3 fully saturated rings. The van der Waals surface area contributed by atoms with Crippen LogP contribution in [0.4, 0.5) is 0 Å². The molecule has 4 rings (SSSR count). The highest BCUT2D eigenvalue weighted by Gasteiger charge is 2.68. The highest BCUT2D eigenvalue weighted by atomic mass is 16.3. The van der Waals surface area contributed by atoms with Gasteiger partial charge in [-0.15, -0.1) is 0 Å². The number of hydrogen-bond donors (Lipinski definition) is 1. The Morgan fingerprint density at radius 2 is 2.00 bits per heavy atom. The molecule has 1 N–H and O–H groups in total. The largest absolute Gasteiger partial charge is 0.381 e. The van der Waals surface area contributed by atoms with E-state index in [2.05, 4.69) is 0 Å². The van der Waals surface area contributed by atoms with E-state index in [0.717, 1.165) is 18.4 Å². The Morgan fingerprint density at radius 3 is 2.69 bits per heavy atom. The van der Waals surface area contributed by atoms with Crippen molar-refractivity contribution in [3.63, 3.8) is 0 Å². The van der Waals surface area contributed by atoms with E-state index in [0.29, 0.717) is 6.42 Å². The van der Waals surface area contributed by atoms with Crippen LogP contribution in [-0.2, 0) is 19.2 Å². The fourth-order valence-electron chi connectivity index (χ4n) is 6.54. The number of ketones is 3. The lowest BCUT2D eigenvalue weighted by molar-refractivity contribution is -0.167. The molecule has 4 aliphatic rings. The van der Waals surface area contributed by atoms with E-state index < -0.39 is 22.2 Å². The smallest absolute Gasteiger partial charge is 0.227 e. The van der Waals surface area contributed by atoms with Gasteiger partial charge >= 0.3 is 0 Å². The van der Waals surface area contributed by atoms with Crippen LogP contribution in [0.3, 0.4) is 0 Å². The number of allylic oxidation sites excluding steroid dienone is 4. The fourth-order valence-corrected chi connectivity index (χ4v) is 6.54. The van der Waals surface area contributed by atoms with Crippen LogP contribution in [0.5, 0.6) is 0 Å². The Kier molecular flexibility index (Phi) is 3.59. The summed E-state index contributed by atoms with van der Waals surface area (Å²) in [6.07, 6.45) is 7.77. The zero-order valence-corrected chi connectivity index (χ0v) is 15.2. The number of aldehydes is 1. The van der Waals surface area contributed by atoms with Crippen LogP contribution in [0.25, 0.3) is 0 Å². The van der Waals surface area contributed by atoms with Crippen molar-refractivity contribution in [3.05, 3.63) is 23.8 Å². The number of Topliss-reactive ketones (excluding diaryl/α,β-unsaturated/α-hetero) is 2. The minimum Gasteiger partial charge on any atom is -0.381 e. The summed E-state index contributed by atoms with van der Waals surface area (Å²) in [5.41, 5.74) is -2.09. The van der Waals surface area contributed by atoms with Crippen LogP contribution in [0.1, 0.15) is 46.0 Å². The van der Waals surface area contributed by atoms with Crippen LogP contribution < -0.4 is 0 Å². The lowest BCUT2D eigenvalue weighted by atomic mass is 9.46. The number of aliphatic hydroxyl groups is 1. The Morgan fingerprint density at radius 1 is 1.27 bits per heavy atom. The van der Waals surface area contributed by atoms with Crippen molar-refractivity contribution in [2.45, 2.75) is 51.6 Å². The number of carbonyl (C=O) groups is 4. The summed E-state index contributed by atoms with van der Waals surface area (Å²) in [4.78, 5) is 48.3. The molecule has 0 amide bonds. The topological polar surface area (TPSA) is 88.5 Å². The van der Waals surface area contributed by atoms with Gasteiger partial charge < -0.3 is 5.11 Å². The molecule has 0 aromatic rings. The standard InChI is InChI=1S/C21H24O5/c1-19-7-5-13(23)9-12(19)3-4-14-15-6-8-21(26,17(25)11-22)20(15,2)10-16(24)18(14)19/h5,7,9,11,14-15,18,26H,3-4,6,8,10H2,1-2H3/t14-,15-,18+,19+,20+,21+/m1/s1. The maximum atomic E-state index is 13.3. The molecule has 0 unspecified atom stereocenters. The molecule has 0 saturated heterocycles. The van der Waals surface area contributed by atoms with Gasteiger partial charge in [0.05, 0.1) is 0 Å². The van der Waals surface area contributed by atoms with Crippen molar-refractivity contribution in [2.24, 2.45) is 28.6 Å².